The smallest absolute Gasteiger partial charge is 0.250 e. The highest BCUT2D eigenvalue weighted by Gasteiger charge is 2.12. The number of aromatic amines is 1. The van der Waals surface area contributed by atoms with Crippen LogP contribution in [0.2, 0.25) is 0 Å². The van der Waals surface area contributed by atoms with Crippen molar-refractivity contribution in [3.63, 3.8) is 0 Å². The summed E-state index contributed by atoms with van der Waals surface area (Å²) in [6.07, 6.45) is 8.29. The first kappa shape index (κ1) is 18.1. The number of carbonyl (C=O) groups excluding carboxylic acids is 1. The number of pyridine rings is 2. The molecule has 0 aliphatic heterocycles. The first-order valence-corrected chi connectivity index (χ1v) is 8.94. The predicted molar refractivity (Wildman–Crippen MR) is 113 cm³/mol. The van der Waals surface area contributed by atoms with Crippen molar-refractivity contribution >= 4 is 22.6 Å². The second-order valence-corrected chi connectivity index (χ2v) is 6.55. The van der Waals surface area contributed by atoms with Crippen molar-refractivity contribution in [3.8, 4) is 28.3 Å². The molecule has 0 radical (unpaired) electrons. The molecule has 0 fully saturated rings. The number of nitrogens with one attached hydrogen (secondary N) is 1. The molecule has 0 bridgehead atoms. The van der Waals surface area contributed by atoms with E-state index in [9.17, 15) is 10.1 Å². The van der Waals surface area contributed by atoms with Gasteiger partial charge in [0, 0.05) is 47.7 Å². The summed E-state index contributed by atoms with van der Waals surface area (Å²) in [5.41, 5.74) is 5.67. The number of benzene rings is 1. The van der Waals surface area contributed by atoms with Gasteiger partial charge in [0.2, 0.25) is 5.91 Å². The molecular weight excluding hydrogens is 362 g/mol. The van der Waals surface area contributed by atoms with Gasteiger partial charge >= 0.3 is 0 Å². The molecule has 0 aliphatic rings. The molecule has 0 saturated heterocycles. The van der Waals surface area contributed by atoms with Gasteiger partial charge in [0.1, 0.15) is 5.65 Å². The molecule has 4 aromatic rings. The van der Waals surface area contributed by atoms with E-state index in [1.165, 1.54) is 11.0 Å². The van der Waals surface area contributed by atoms with Crippen LogP contribution in [0.3, 0.4) is 0 Å². The SMILES string of the molecule is C=CC(=O)N(C)c1cncc(-c2cnc3[nH]cc(-c4cccc(C#N)c4)c3c2)c1. The van der Waals surface area contributed by atoms with Gasteiger partial charge in [-0.05, 0) is 35.9 Å². The van der Waals surface area contributed by atoms with Crippen LogP contribution in [-0.4, -0.2) is 27.9 Å². The second kappa shape index (κ2) is 7.41. The normalized spacial score (nSPS) is 10.5. The van der Waals surface area contributed by atoms with Crippen molar-refractivity contribution < 1.29 is 4.79 Å². The highest BCUT2D eigenvalue weighted by Crippen LogP contribution is 2.32. The zero-order valence-corrected chi connectivity index (χ0v) is 15.8. The molecule has 1 aromatic carbocycles. The second-order valence-electron chi connectivity index (χ2n) is 6.55. The Kier molecular flexibility index (Phi) is 4.63. The predicted octanol–water partition coefficient (Wildman–Crippen LogP) is 4.31. The number of H-pyrrole nitrogens is 1. The van der Waals surface area contributed by atoms with Crippen molar-refractivity contribution in [3.05, 3.63) is 79.4 Å². The Bertz CT molecular complexity index is 1280. The quantitative estimate of drug-likeness (QED) is 0.535. The Hall–Kier alpha value is -4.24. The molecular formula is C23H17N5O. The van der Waals surface area contributed by atoms with Crippen LogP contribution in [0.1, 0.15) is 5.56 Å². The van der Waals surface area contributed by atoms with Crippen LogP contribution in [0.15, 0.2) is 73.8 Å². The van der Waals surface area contributed by atoms with Gasteiger partial charge in [0.25, 0.3) is 0 Å². The van der Waals surface area contributed by atoms with Crippen molar-refractivity contribution in [2.75, 3.05) is 11.9 Å². The van der Waals surface area contributed by atoms with E-state index in [1.54, 1.807) is 31.7 Å². The molecule has 29 heavy (non-hydrogen) atoms. The lowest BCUT2D eigenvalue weighted by molar-refractivity contribution is -0.113. The highest BCUT2D eigenvalue weighted by atomic mass is 16.2. The van der Waals surface area contributed by atoms with Gasteiger partial charge in [-0.25, -0.2) is 4.98 Å². The molecule has 0 atom stereocenters. The summed E-state index contributed by atoms with van der Waals surface area (Å²) in [6, 6.07) is 13.6. The zero-order chi connectivity index (χ0) is 20.4. The number of rotatable bonds is 4. The van der Waals surface area contributed by atoms with Gasteiger partial charge in [-0.15, -0.1) is 0 Å². The van der Waals surface area contributed by atoms with E-state index in [1.807, 2.05) is 36.5 Å². The van der Waals surface area contributed by atoms with Gasteiger partial charge in [0.15, 0.2) is 0 Å². The van der Waals surface area contributed by atoms with Gasteiger partial charge in [0.05, 0.1) is 23.5 Å². The summed E-state index contributed by atoms with van der Waals surface area (Å²) in [7, 11) is 1.68. The van der Waals surface area contributed by atoms with Crippen molar-refractivity contribution in [2.24, 2.45) is 0 Å². The third-order valence-corrected chi connectivity index (χ3v) is 4.78. The minimum Gasteiger partial charge on any atom is -0.346 e. The Morgan fingerprint density at radius 1 is 1.17 bits per heavy atom. The number of nitrogens with zero attached hydrogens (tertiary/aromatic N) is 4. The lowest BCUT2D eigenvalue weighted by Gasteiger charge is -2.15. The summed E-state index contributed by atoms with van der Waals surface area (Å²) >= 11 is 0. The van der Waals surface area contributed by atoms with Crippen LogP contribution < -0.4 is 4.90 Å². The molecule has 0 saturated carbocycles. The maximum atomic E-state index is 11.9. The third-order valence-electron chi connectivity index (χ3n) is 4.78. The van der Waals surface area contributed by atoms with E-state index in [2.05, 4.69) is 27.6 Å². The van der Waals surface area contributed by atoms with Crippen LogP contribution in [0.5, 0.6) is 0 Å². The molecule has 6 heteroatoms. The van der Waals surface area contributed by atoms with Gasteiger partial charge in [-0.3, -0.25) is 9.78 Å². The number of carbonyl (C=O) groups is 1. The number of hydrogen-bond acceptors (Lipinski definition) is 4. The van der Waals surface area contributed by atoms with E-state index in [-0.39, 0.29) is 5.91 Å². The largest absolute Gasteiger partial charge is 0.346 e. The first-order chi connectivity index (χ1) is 14.1. The van der Waals surface area contributed by atoms with E-state index in [0.717, 1.165) is 33.3 Å². The monoisotopic (exact) mass is 379 g/mol. The lowest BCUT2D eigenvalue weighted by atomic mass is 10.0. The number of amides is 1. The maximum Gasteiger partial charge on any atom is 0.250 e. The Morgan fingerprint density at radius 3 is 2.79 bits per heavy atom. The molecule has 3 aromatic heterocycles. The van der Waals surface area contributed by atoms with E-state index < -0.39 is 0 Å². The Labute approximate surface area is 167 Å². The average Bonchev–Trinajstić information content (AvgIpc) is 3.21. The minimum absolute atomic E-state index is 0.206. The van der Waals surface area contributed by atoms with Crippen molar-refractivity contribution in [1.82, 2.24) is 15.0 Å². The molecule has 0 aliphatic carbocycles. The fraction of sp³-hybridized carbons (Fsp3) is 0.0435. The number of fused-ring (bicyclic) bond motifs is 1. The summed E-state index contributed by atoms with van der Waals surface area (Å²) < 4.78 is 0. The van der Waals surface area contributed by atoms with Gasteiger partial charge < -0.3 is 9.88 Å². The fourth-order valence-corrected chi connectivity index (χ4v) is 3.19. The zero-order valence-electron chi connectivity index (χ0n) is 15.8. The van der Waals surface area contributed by atoms with E-state index in [4.69, 9.17) is 0 Å². The molecule has 0 unspecified atom stereocenters. The fourth-order valence-electron chi connectivity index (χ4n) is 3.19. The number of anilines is 1. The van der Waals surface area contributed by atoms with Crippen LogP contribution in [0.4, 0.5) is 5.69 Å². The molecule has 6 nitrogen and oxygen atoms in total. The first-order valence-electron chi connectivity index (χ1n) is 8.94. The number of likely N-dealkylation sites (N-methyl/N-ethyl adjacent to an activating group) is 1. The minimum atomic E-state index is -0.206. The van der Waals surface area contributed by atoms with Crippen LogP contribution in [0, 0.1) is 11.3 Å². The Morgan fingerprint density at radius 2 is 2.00 bits per heavy atom. The summed E-state index contributed by atoms with van der Waals surface area (Å²) in [5.74, 6) is -0.206. The van der Waals surface area contributed by atoms with Crippen molar-refractivity contribution in [1.29, 1.82) is 5.26 Å². The Balaban J connectivity index is 1.79. The molecule has 4 rings (SSSR count). The summed E-state index contributed by atoms with van der Waals surface area (Å²) in [5, 5.41) is 10.1. The van der Waals surface area contributed by atoms with Crippen LogP contribution >= 0.6 is 0 Å². The molecule has 3 heterocycles. The highest BCUT2D eigenvalue weighted by molar-refractivity contribution is 6.01. The average molecular weight is 379 g/mol. The maximum absolute atomic E-state index is 11.9. The van der Waals surface area contributed by atoms with E-state index in [0.29, 0.717) is 11.3 Å². The van der Waals surface area contributed by atoms with Gasteiger partial charge in [-0.2, -0.15) is 5.26 Å². The number of aromatic nitrogens is 3. The van der Waals surface area contributed by atoms with E-state index >= 15 is 0 Å². The third kappa shape index (κ3) is 3.37. The van der Waals surface area contributed by atoms with Crippen LogP contribution in [-0.2, 0) is 4.79 Å². The molecule has 1 N–H and O–H groups in total. The van der Waals surface area contributed by atoms with Gasteiger partial charge in [-0.1, -0.05) is 18.7 Å². The topological polar surface area (TPSA) is 85.7 Å². The summed E-state index contributed by atoms with van der Waals surface area (Å²) in [4.78, 5) is 25.4. The number of hydrogen-bond donors (Lipinski definition) is 1. The standard InChI is InChI=1S/C23H17N5O/c1-3-22(29)28(2)19-8-17(11-25-13-19)18-9-20-21(14-27-23(20)26-12-18)16-6-4-5-15(7-16)10-24/h3-9,11-14H,1H2,2H3,(H,26,27). The number of nitriles is 1. The molecule has 0 spiro atoms. The molecule has 140 valence electrons. The molecule has 1 amide bonds. The van der Waals surface area contributed by atoms with Crippen LogP contribution in [0.25, 0.3) is 33.3 Å². The summed E-state index contributed by atoms with van der Waals surface area (Å²) in [6.45, 7) is 3.52. The van der Waals surface area contributed by atoms with Crippen molar-refractivity contribution in [2.45, 2.75) is 0 Å². The lowest BCUT2D eigenvalue weighted by Crippen LogP contribution is -2.23.